The first kappa shape index (κ1) is 14.4. The molecular weight excluding hydrogens is 289 g/mol. The lowest BCUT2D eigenvalue weighted by molar-refractivity contribution is 0.321. The normalized spacial score (nSPS) is 21.7. The fourth-order valence-corrected chi connectivity index (χ4v) is 3.96. The van der Waals surface area contributed by atoms with Crippen molar-refractivity contribution in [3.8, 4) is 0 Å². The van der Waals surface area contributed by atoms with Crippen LogP contribution >= 0.6 is 0 Å². The number of benzene rings is 1. The van der Waals surface area contributed by atoms with E-state index < -0.39 is 0 Å². The molecule has 2 aromatic heterocycles. The van der Waals surface area contributed by atoms with Crippen molar-refractivity contribution < 1.29 is 4.39 Å². The molecule has 2 heterocycles. The van der Waals surface area contributed by atoms with Crippen LogP contribution in [0.15, 0.2) is 43.0 Å². The van der Waals surface area contributed by atoms with Crippen LogP contribution in [0.1, 0.15) is 48.9 Å². The molecular formula is C19H20FN3. The molecule has 118 valence electrons. The maximum absolute atomic E-state index is 14.1. The molecule has 1 fully saturated rings. The molecule has 4 heteroatoms. The minimum absolute atomic E-state index is 0.132. The second kappa shape index (κ2) is 5.76. The van der Waals surface area contributed by atoms with Gasteiger partial charge in [-0.1, -0.05) is 12.5 Å². The van der Waals surface area contributed by atoms with E-state index in [0.717, 1.165) is 35.0 Å². The van der Waals surface area contributed by atoms with E-state index in [4.69, 9.17) is 0 Å². The van der Waals surface area contributed by atoms with Crippen molar-refractivity contribution >= 4 is 10.9 Å². The summed E-state index contributed by atoms with van der Waals surface area (Å²) in [5.74, 6) is 0.329. The monoisotopic (exact) mass is 309 g/mol. The van der Waals surface area contributed by atoms with Crippen LogP contribution in [0, 0.1) is 12.7 Å². The largest absolute Gasteiger partial charge is 0.344 e. The van der Waals surface area contributed by atoms with E-state index in [0.29, 0.717) is 12.0 Å². The predicted molar refractivity (Wildman–Crippen MR) is 88.9 cm³/mol. The molecule has 0 radical (unpaired) electrons. The molecule has 3 nitrogen and oxygen atoms in total. The first-order chi connectivity index (χ1) is 11.2. The summed E-state index contributed by atoms with van der Waals surface area (Å²) in [5.41, 5.74) is 3.30. The van der Waals surface area contributed by atoms with E-state index in [2.05, 4.69) is 21.5 Å². The number of rotatable bonds is 2. The molecule has 0 spiro atoms. The minimum Gasteiger partial charge on any atom is -0.344 e. The van der Waals surface area contributed by atoms with E-state index in [1.807, 2.05) is 30.6 Å². The highest BCUT2D eigenvalue weighted by Gasteiger charge is 2.26. The van der Waals surface area contributed by atoms with Crippen molar-refractivity contribution in [3.63, 3.8) is 0 Å². The van der Waals surface area contributed by atoms with Crippen LogP contribution in [0.25, 0.3) is 10.9 Å². The molecule has 0 bridgehead atoms. The first-order valence-corrected chi connectivity index (χ1v) is 8.25. The molecule has 0 N–H and O–H groups in total. The molecule has 0 saturated heterocycles. The van der Waals surface area contributed by atoms with Gasteiger partial charge in [0.1, 0.15) is 12.1 Å². The first-order valence-electron chi connectivity index (χ1n) is 8.25. The van der Waals surface area contributed by atoms with Gasteiger partial charge in [0.15, 0.2) is 0 Å². The van der Waals surface area contributed by atoms with Crippen LogP contribution in [0.4, 0.5) is 4.39 Å². The zero-order valence-electron chi connectivity index (χ0n) is 13.2. The average Bonchev–Trinajstić information content (AvgIpc) is 3.06. The van der Waals surface area contributed by atoms with Crippen molar-refractivity contribution in [1.29, 1.82) is 0 Å². The lowest BCUT2D eigenvalue weighted by Gasteiger charge is -2.30. The molecule has 1 aliphatic rings. The van der Waals surface area contributed by atoms with Crippen molar-refractivity contribution in [2.24, 2.45) is 0 Å². The third-order valence-corrected chi connectivity index (χ3v) is 5.09. The third kappa shape index (κ3) is 2.52. The number of aryl methyl sites for hydroxylation is 1. The van der Waals surface area contributed by atoms with E-state index in [-0.39, 0.29) is 5.82 Å². The van der Waals surface area contributed by atoms with Crippen molar-refractivity contribution in [2.45, 2.75) is 44.6 Å². The van der Waals surface area contributed by atoms with Crippen LogP contribution in [-0.4, -0.2) is 14.5 Å². The quantitative estimate of drug-likeness (QED) is 0.682. The molecule has 23 heavy (non-hydrogen) atoms. The Morgan fingerprint density at radius 2 is 2.09 bits per heavy atom. The Kier molecular flexibility index (Phi) is 3.60. The van der Waals surface area contributed by atoms with Gasteiger partial charge in [0.2, 0.25) is 0 Å². The van der Waals surface area contributed by atoms with Gasteiger partial charge in [-0.25, -0.2) is 14.4 Å². The maximum atomic E-state index is 14.1. The molecule has 0 unspecified atom stereocenters. The van der Waals surface area contributed by atoms with Gasteiger partial charge >= 0.3 is 0 Å². The topological polar surface area (TPSA) is 30.7 Å². The average molecular weight is 309 g/mol. The molecule has 0 amide bonds. The fraction of sp³-hybridized carbons (Fsp3) is 0.368. The Morgan fingerprint density at radius 3 is 2.91 bits per heavy atom. The lowest BCUT2D eigenvalue weighted by Crippen LogP contribution is -2.18. The summed E-state index contributed by atoms with van der Waals surface area (Å²) in [6.07, 6.45) is 10.0. The number of nitrogens with zero attached hydrogens (tertiary/aromatic N) is 3. The molecule has 2 atom stereocenters. The highest BCUT2D eigenvalue weighted by Crippen LogP contribution is 2.40. The molecule has 4 rings (SSSR count). The summed E-state index contributed by atoms with van der Waals surface area (Å²) in [6.45, 7) is 2.06. The second-order valence-corrected chi connectivity index (χ2v) is 6.50. The third-order valence-electron chi connectivity index (χ3n) is 5.09. The Bertz CT molecular complexity index is 825. The van der Waals surface area contributed by atoms with E-state index >= 15 is 0 Å². The molecule has 0 aliphatic heterocycles. The smallest absolute Gasteiger partial charge is 0.132 e. The Labute approximate surface area is 135 Å². The van der Waals surface area contributed by atoms with E-state index in [9.17, 15) is 4.39 Å². The minimum atomic E-state index is -0.132. The van der Waals surface area contributed by atoms with Gasteiger partial charge in [-0.05, 0) is 49.9 Å². The number of aromatic nitrogens is 3. The van der Waals surface area contributed by atoms with Gasteiger partial charge in [-0.2, -0.15) is 0 Å². The van der Waals surface area contributed by atoms with E-state index in [1.165, 1.54) is 12.8 Å². The highest BCUT2D eigenvalue weighted by molar-refractivity contribution is 5.84. The van der Waals surface area contributed by atoms with Crippen LogP contribution in [-0.2, 0) is 0 Å². The maximum Gasteiger partial charge on any atom is 0.132 e. The van der Waals surface area contributed by atoms with Crippen molar-refractivity contribution in [3.05, 3.63) is 60.1 Å². The second-order valence-electron chi connectivity index (χ2n) is 6.50. The van der Waals surface area contributed by atoms with Gasteiger partial charge in [0, 0.05) is 35.4 Å². The predicted octanol–water partition coefficient (Wildman–Crippen LogP) is 4.78. The van der Waals surface area contributed by atoms with Gasteiger partial charge in [0.25, 0.3) is 0 Å². The number of halogens is 1. The summed E-state index contributed by atoms with van der Waals surface area (Å²) in [4.78, 5) is 8.45. The van der Waals surface area contributed by atoms with E-state index in [1.54, 1.807) is 12.4 Å². The number of fused-ring (bicyclic) bond motifs is 1. The van der Waals surface area contributed by atoms with Gasteiger partial charge in [0.05, 0.1) is 5.52 Å². The highest BCUT2D eigenvalue weighted by atomic mass is 19.1. The van der Waals surface area contributed by atoms with Crippen molar-refractivity contribution in [1.82, 2.24) is 14.5 Å². The van der Waals surface area contributed by atoms with Crippen LogP contribution < -0.4 is 0 Å². The van der Waals surface area contributed by atoms with Crippen LogP contribution in [0.3, 0.4) is 0 Å². The fourth-order valence-electron chi connectivity index (χ4n) is 3.96. The Morgan fingerprint density at radius 1 is 1.17 bits per heavy atom. The Balaban J connectivity index is 1.70. The summed E-state index contributed by atoms with van der Waals surface area (Å²) < 4.78 is 16.3. The van der Waals surface area contributed by atoms with Gasteiger partial charge in [-0.15, -0.1) is 0 Å². The summed E-state index contributed by atoms with van der Waals surface area (Å²) in [7, 11) is 0. The number of hydrogen-bond donors (Lipinski definition) is 0. The summed E-state index contributed by atoms with van der Waals surface area (Å²) in [6, 6.07) is 7.77. The Hall–Kier alpha value is -2.23. The molecule has 1 aliphatic carbocycles. The molecule has 3 aromatic rings. The van der Waals surface area contributed by atoms with Crippen molar-refractivity contribution in [2.75, 3.05) is 0 Å². The SMILES string of the molecule is Cc1ccc(F)c2ccn([C@@H]3CCC[C@@H](c4ccncn4)C3)c12. The molecule has 1 saturated carbocycles. The zero-order valence-corrected chi connectivity index (χ0v) is 13.2. The van der Waals surface area contributed by atoms with Gasteiger partial charge < -0.3 is 4.57 Å². The zero-order chi connectivity index (χ0) is 15.8. The molecule has 1 aromatic carbocycles. The van der Waals surface area contributed by atoms with Gasteiger partial charge in [-0.3, -0.25) is 0 Å². The number of hydrogen-bond acceptors (Lipinski definition) is 2. The summed E-state index contributed by atoms with van der Waals surface area (Å²) >= 11 is 0. The van der Waals surface area contributed by atoms with Crippen LogP contribution in [0.5, 0.6) is 0 Å². The summed E-state index contributed by atoms with van der Waals surface area (Å²) in [5, 5.41) is 0.731. The standard InChI is InChI=1S/C19H20FN3/c1-13-5-6-17(20)16-8-10-23(19(13)16)15-4-2-3-14(11-15)18-7-9-21-12-22-18/h5-10,12,14-15H,2-4,11H2,1H3/t14-,15-/m1/s1. The lowest BCUT2D eigenvalue weighted by atomic mass is 9.83. The van der Waals surface area contributed by atoms with Crippen LogP contribution in [0.2, 0.25) is 0 Å².